The number of carbonyl (C=O) groups excluding carboxylic acids is 1. The number of aromatic nitrogens is 1. The second kappa shape index (κ2) is 5.11. The third-order valence-corrected chi connectivity index (χ3v) is 1.96. The van der Waals surface area contributed by atoms with Crippen molar-refractivity contribution < 1.29 is 4.79 Å². The summed E-state index contributed by atoms with van der Waals surface area (Å²) in [7, 11) is 0. The fraction of sp³-hybridized carbons (Fsp3) is 0.364. The molecule has 4 nitrogen and oxygen atoms in total. The molecule has 0 saturated carbocycles. The predicted molar refractivity (Wildman–Crippen MR) is 57.2 cm³/mol. The molecule has 15 heavy (non-hydrogen) atoms. The molecule has 0 aliphatic heterocycles. The van der Waals surface area contributed by atoms with Gasteiger partial charge >= 0.3 is 0 Å². The van der Waals surface area contributed by atoms with Gasteiger partial charge in [0.25, 0.3) is 0 Å². The lowest BCUT2D eigenvalue weighted by Crippen LogP contribution is -2.11. The molecule has 1 aromatic heterocycles. The highest BCUT2D eigenvalue weighted by atomic mass is 16.1. The minimum atomic E-state index is -0.328. The maximum absolute atomic E-state index is 11.1. The van der Waals surface area contributed by atoms with Gasteiger partial charge in [-0.3, -0.25) is 4.79 Å². The van der Waals surface area contributed by atoms with Crippen LogP contribution in [-0.2, 0) is 4.79 Å². The van der Waals surface area contributed by atoms with Crippen LogP contribution in [0.2, 0.25) is 0 Å². The van der Waals surface area contributed by atoms with Crippen LogP contribution in [0.3, 0.4) is 0 Å². The lowest BCUT2D eigenvalue weighted by molar-refractivity contribution is -0.115. The summed E-state index contributed by atoms with van der Waals surface area (Å²) in [6.07, 6.45) is 1.50. The highest BCUT2D eigenvalue weighted by Gasteiger charge is 2.04. The van der Waals surface area contributed by atoms with Crippen LogP contribution in [0.25, 0.3) is 0 Å². The van der Waals surface area contributed by atoms with E-state index in [1.54, 1.807) is 12.3 Å². The summed E-state index contributed by atoms with van der Waals surface area (Å²) in [5.41, 5.74) is 1.11. The van der Waals surface area contributed by atoms with Crippen LogP contribution in [0.4, 0.5) is 5.82 Å². The van der Waals surface area contributed by atoms with Crippen LogP contribution in [0, 0.1) is 11.3 Å². The Kier molecular flexibility index (Phi) is 3.81. The highest BCUT2D eigenvalue weighted by molar-refractivity contribution is 5.91. The lowest BCUT2D eigenvalue weighted by atomic mass is 10.1. The third-order valence-electron chi connectivity index (χ3n) is 1.96. The monoisotopic (exact) mass is 203 g/mol. The molecular formula is C11H13N3O. The molecule has 0 spiro atoms. The average molecular weight is 203 g/mol. The van der Waals surface area contributed by atoms with E-state index in [1.807, 2.05) is 12.1 Å². The number of amides is 1. The number of pyridine rings is 1. The Morgan fingerprint density at radius 3 is 3.00 bits per heavy atom. The molecule has 0 aliphatic carbocycles. The minimum Gasteiger partial charge on any atom is -0.310 e. The first-order valence-electron chi connectivity index (χ1n) is 4.76. The lowest BCUT2D eigenvalue weighted by Gasteiger charge is -2.07. The third kappa shape index (κ3) is 3.39. The second-order valence-corrected chi connectivity index (χ2v) is 3.51. The molecule has 0 radical (unpaired) electrons. The number of nitrogens with zero attached hydrogens (tertiary/aromatic N) is 2. The van der Waals surface area contributed by atoms with E-state index in [-0.39, 0.29) is 12.3 Å². The van der Waals surface area contributed by atoms with E-state index in [9.17, 15) is 4.79 Å². The van der Waals surface area contributed by atoms with Gasteiger partial charge in [0.15, 0.2) is 0 Å². The molecule has 0 saturated heterocycles. The molecule has 78 valence electrons. The molecule has 0 unspecified atom stereocenters. The van der Waals surface area contributed by atoms with Gasteiger partial charge in [0, 0.05) is 6.20 Å². The summed E-state index contributed by atoms with van der Waals surface area (Å²) in [6.45, 7) is 4.13. The van der Waals surface area contributed by atoms with Crippen molar-refractivity contribution in [3.05, 3.63) is 23.9 Å². The summed E-state index contributed by atoms with van der Waals surface area (Å²) in [6, 6.07) is 5.51. The van der Waals surface area contributed by atoms with E-state index in [0.29, 0.717) is 11.7 Å². The van der Waals surface area contributed by atoms with E-state index in [0.717, 1.165) is 5.56 Å². The standard InChI is InChI=1S/C11H13N3O/c1-8(2)9-4-6-13-10(7-9)14-11(15)3-5-12/h4,6-8H,3H2,1-2H3,(H,13,14,15). The van der Waals surface area contributed by atoms with Gasteiger partial charge in [0.2, 0.25) is 5.91 Å². The smallest absolute Gasteiger partial charge is 0.239 e. The summed E-state index contributed by atoms with van der Waals surface area (Å²) in [4.78, 5) is 15.1. The topological polar surface area (TPSA) is 65.8 Å². The molecular weight excluding hydrogens is 190 g/mol. The molecule has 1 N–H and O–H groups in total. The zero-order chi connectivity index (χ0) is 11.3. The Balaban J connectivity index is 2.74. The van der Waals surface area contributed by atoms with Gasteiger partial charge in [-0.15, -0.1) is 0 Å². The van der Waals surface area contributed by atoms with Crippen molar-refractivity contribution in [2.75, 3.05) is 5.32 Å². The van der Waals surface area contributed by atoms with Gasteiger partial charge in [-0.25, -0.2) is 4.98 Å². The van der Waals surface area contributed by atoms with Gasteiger partial charge in [-0.1, -0.05) is 13.8 Å². The maximum Gasteiger partial charge on any atom is 0.239 e. The van der Waals surface area contributed by atoms with Crippen molar-refractivity contribution in [2.45, 2.75) is 26.2 Å². The van der Waals surface area contributed by atoms with Crippen molar-refractivity contribution in [3.8, 4) is 6.07 Å². The molecule has 1 amide bonds. The van der Waals surface area contributed by atoms with Gasteiger partial charge < -0.3 is 5.32 Å². The van der Waals surface area contributed by atoms with Crippen LogP contribution in [-0.4, -0.2) is 10.9 Å². The second-order valence-electron chi connectivity index (χ2n) is 3.51. The van der Waals surface area contributed by atoms with Gasteiger partial charge in [-0.2, -0.15) is 5.26 Å². The van der Waals surface area contributed by atoms with Gasteiger partial charge in [-0.05, 0) is 23.6 Å². The van der Waals surface area contributed by atoms with Crippen LogP contribution < -0.4 is 5.32 Å². The molecule has 1 aromatic rings. The first-order chi connectivity index (χ1) is 7.13. The van der Waals surface area contributed by atoms with Crippen LogP contribution >= 0.6 is 0 Å². The quantitative estimate of drug-likeness (QED) is 0.817. The Morgan fingerprint density at radius 1 is 1.67 bits per heavy atom. The predicted octanol–water partition coefficient (Wildman–Crippen LogP) is 2.06. The zero-order valence-corrected chi connectivity index (χ0v) is 8.82. The fourth-order valence-electron chi connectivity index (χ4n) is 1.13. The number of hydrogen-bond acceptors (Lipinski definition) is 3. The average Bonchev–Trinajstić information content (AvgIpc) is 2.18. The van der Waals surface area contributed by atoms with Crippen molar-refractivity contribution >= 4 is 11.7 Å². The van der Waals surface area contributed by atoms with Crippen molar-refractivity contribution in [3.63, 3.8) is 0 Å². The number of carbonyl (C=O) groups is 1. The Morgan fingerprint density at radius 2 is 2.40 bits per heavy atom. The Hall–Kier alpha value is -1.89. The fourth-order valence-corrected chi connectivity index (χ4v) is 1.13. The summed E-state index contributed by atoms with van der Waals surface area (Å²) < 4.78 is 0. The number of hydrogen-bond donors (Lipinski definition) is 1. The van der Waals surface area contributed by atoms with E-state index >= 15 is 0 Å². The summed E-state index contributed by atoms with van der Waals surface area (Å²) in [5, 5.41) is 10.9. The van der Waals surface area contributed by atoms with Crippen molar-refractivity contribution in [1.82, 2.24) is 4.98 Å². The summed E-state index contributed by atoms with van der Waals surface area (Å²) >= 11 is 0. The van der Waals surface area contributed by atoms with Crippen LogP contribution in [0.15, 0.2) is 18.3 Å². The number of anilines is 1. The first-order valence-corrected chi connectivity index (χ1v) is 4.76. The zero-order valence-electron chi connectivity index (χ0n) is 8.82. The molecule has 1 heterocycles. The highest BCUT2D eigenvalue weighted by Crippen LogP contribution is 2.16. The van der Waals surface area contributed by atoms with Crippen LogP contribution in [0.1, 0.15) is 31.7 Å². The molecule has 1 rings (SSSR count). The van der Waals surface area contributed by atoms with Gasteiger partial charge in [0.1, 0.15) is 12.2 Å². The van der Waals surface area contributed by atoms with Crippen molar-refractivity contribution in [1.29, 1.82) is 5.26 Å². The molecule has 0 aromatic carbocycles. The molecule has 4 heteroatoms. The largest absolute Gasteiger partial charge is 0.310 e. The first kappa shape index (κ1) is 11.2. The minimum absolute atomic E-state index is 0.145. The van der Waals surface area contributed by atoms with Crippen molar-refractivity contribution in [2.24, 2.45) is 0 Å². The SMILES string of the molecule is CC(C)c1ccnc(NC(=O)CC#N)c1. The van der Waals surface area contributed by atoms with E-state index < -0.39 is 0 Å². The summed E-state index contributed by atoms with van der Waals surface area (Å²) in [5.74, 6) is 0.562. The number of nitrogens with one attached hydrogen (secondary N) is 1. The van der Waals surface area contributed by atoms with E-state index in [1.165, 1.54) is 0 Å². The van der Waals surface area contributed by atoms with E-state index in [2.05, 4.69) is 24.1 Å². The van der Waals surface area contributed by atoms with E-state index in [4.69, 9.17) is 5.26 Å². The molecule has 0 atom stereocenters. The normalized spacial score (nSPS) is 9.73. The molecule has 0 aliphatic rings. The Labute approximate surface area is 88.9 Å². The molecule has 0 fully saturated rings. The Bertz CT molecular complexity index is 393. The maximum atomic E-state index is 11.1. The molecule has 0 bridgehead atoms. The van der Waals surface area contributed by atoms with Gasteiger partial charge in [0.05, 0.1) is 6.07 Å². The number of nitriles is 1. The number of rotatable bonds is 3. The van der Waals surface area contributed by atoms with Crippen LogP contribution in [0.5, 0.6) is 0 Å².